The van der Waals surface area contributed by atoms with E-state index in [9.17, 15) is 14.9 Å². The minimum atomic E-state index is -0.456. The van der Waals surface area contributed by atoms with Crippen molar-refractivity contribution in [2.45, 2.75) is 13.8 Å². The molecular weight excluding hydrogens is 344 g/mol. The number of carbonyl (C=O) groups excluding carboxylic acids is 1. The van der Waals surface area contributed by atoms with E-state index in [1.54, 1.807) is 31.4 Å². The molecule has 8 nitrogen and oxygen atoms in total. The lowest BCUT2D eigenvalue weighted by atomic mass is 10.1. The molecule has 3 aromatic rings. The van der Waals surface area contributed by atoms with Gasteiger partial charge in [0.05, 0.1) is 28.0 Å². The molecule has 0 fully saturated rings. The third-order valence-corrected chi connectivity index (χ3v) is 4.51. The number of esters is 1. The number of rotatable bonds is 5. The number of aromatic nitrogens is 2. The van der Waals surface area contributed by atoms with Gasteiger partial charge in [0.25, 0.3) is 5.69 Å². The lowest BCUT2D eigenvalue weighted by molar-refractivity contribution is -0.385. The summed E-state index contributed by atoms with van der Waals surface area (Å²) >= 11 is 1.30. The predicted octanol–water partition coefficient (Wildman–Crippen LogP) is 3.83. The van der Waals surface area contributed by atoms with E-state index in [2.05, 4.69) is 15.3 Å². The van der Waals surface area contributed by atoms with Crippen molar-refractivity contribution in [1.29, 1.82) is 0 Å². The van der Waals surface area contributed by atoms with Crippen molar-refractivity contribution in [3.63, 3.8) is 0 Å². The Kier molecular flexibility index (Phi) is 4.57. The lowest BCUT2D eigenvalue weighted by Crippen LogP contribution is -2.05. The summed E-state index contributed by atoms with van der Waals surface area (Å²) in [5.74, 6) is -0.0553. The molecule has 1 aromatic carbocycles. The highest BCUT2D eigenvalue weighted by atomic mass is 32.1. The van der Waals surface area contributed by atoms with Crippen LogP contribution in [0.3, 0.4) is 0 Å². The summed E-state index contributed by atoms with van der Waals surface area (Å²) in [5, 5.41) is 16.4. The van der Waals surface area contributed by atoms with Crippen molar-refractivity contribution in [3.8, 4) is 0 Å². The van der Waals surface area contributed by atoms with E-state index in [0.717, 1.165) is 0 Å². The van der Waals surface area contributed by atoms with Gasteiger partial charge in [-0.05, 0) is 19.9 Å². The molecule has 25 heavy (non-hydrogen) atoms. The standard InChI is InChI=1S/C16H14N4O4S/c1-3-24-16(21)10-7-25-15-13(10)14(17-8-18-15)19-11-5-4-6-12(9(11)2)20(22)23/h4-8H,3H2,1-2H3,(H,17,18,19). The summed E-state index contributed by atoms with van der Waals surface area (Å²) in [6.07, 6.45) is 1.38. The summed E-state index contributed by atoms with van der Waals surface area (Å²) in [7, 11) is 0. The average Bonchev–Trinajstić information content (AvgIpc) is 3.02. The van der Waals surface area contributed by atoms with E-state index in [4.69, 9.17) is 4.74 Å². The maximum atomic E-state index is 12.1. The minimum absolute atomic E-state index is 0.00577. The van der Waals surface area contributed by atoms with E-state index in [-0.39, 0.29) is 12.3 Å². The average molecular weight is 358 g/mol. The van der Waals surface area contributed by atoms with Crippen LogP contribution in [0.2, 0.25) is 0 Å². The van der Waals surface area contributed by atoms with Gasteiger partial charge in [-0.1, -0.05) is 6.07 Å². The van der Waals surface area contributed by atoms with Crippen LogP contribution < -0.4 is 5.32 Å². The quantitative estimate of drug-likeness (QED) is 0.419. The second-order valence-corrected chi connectivity index (χ2v) is 5.96. The highest BCUT2D eigenvalue weighted by molar-refractivity contribution is 7.17. The molecule has 128 valence electrons. The van der Waals surface area contributed by atoms with Crippen LogP contribution in [-0.4, -0.2) is 27.5 Å². The van der Waals surface area contributed by atoms with Crippen molar-refractivity contribution < 1.29 is 14.5 Å². The fourth-order valence-electron chi connectivity index (χ4n) is 2.41. The second-order valence-electron chi connectivity index (χ2n) is 5.10. The molecule has 2 heterocycles. The van der Waals surface area contributed by atoms with Crippen LogP contribution in [0, 0.1) is 17.0 Å². The Morgan fingerprint density at radius 1 is 1.40 bits per heavy atom. The molecular formula is C16H14N4O4S. The van der Waals surface area contributed by atoms with Crippen LogP contribution in [0.25, 0.3) is 10.2 Å². The number of fused-ring (bicyclic) bond motifs is 1. The fraction of sp³-hybridized carbons (Fsp3) is 0.188. The first-order chi connectivity index (χ1) is 12.0. The molecule has 0 saturated heterocycles. The smallest absolute Gasteiger partial charge is 0.339 e. The number of nitrogens with one attached hydrogen (secondary N) is 1. The maximum absolute atomic E-state index is 12.1. The zero-order valence-corrected chi connectivity index (χ0v) is 14.3. The number of carbonyl (C=O) groups is 1. The highest BCUT2D eigenvalue weighted by Crippen LogP contribution is 2.33. The van der Waals surface area contributed by atoms with Gasteiger partial charge in [-0.2, -0.15) is 0 Å². The molecule has 0 saturated carbocycles. The predicted molar refractivity (Wildman–Crippen MR) is 94.5 cm³/mol. The summed E-state index contributed by atoms with van der Waals surface area (Å²) < 4.78 is 5.07. The van der Waals surface area contributed by atoms with Gasteiger partial charge in [-0.25, -0.2) is 14.8 Å². The van der Waals surface area contributed by atoms with Crippen molar-refractivity contribution in [3.05, 3.63) is 51.1 Å². The monoisotopic (exact) mass is 358 g/mol. The number of hydrogen-bond donors (Lipinski definition) is 1. The summed E-state index contributed by atoms with van der Waals surface area (Å²) in [5.41, 5.74) is 1.39. The number of ether oxygens (including phenoxy) is 1. The Labute approximate surface area is 146 Å². The van der Waals surface area contributed by atoms with Crippen LogP contribution >= 0.6 is 11.3 Å². The topological polar surface area (TPSA) is 107 Å². The van der Waals surface area contributed by atoms with Crippen LogP contribution in [0.5, 0.6) is 0 Å². The van der Waals surface area contributed by atoms with Gasteiger partial charge in [0.2, 0.25) is 0 Å². The van der Waals surface area contributed by atoms with E-state index in [1.165, 1.54) is 23.7 Å². The van der Waals surface area contributed by atoms with Gasteiger partial charge in [0, 0.05) is 17.1 Å². The number of nitro benzene ring substituents is 1. The number of nitrogens with zero attached hydrogens (tertiary/aromatic N) is 3. The molecule has 0 atom stereocenters. The molecule has 0 aliphatic carbocycles. The van der Waals surface area contributed by atoms with Crippen molar-refractivity contribution in [2.24, 2.45) is 0 Å². The molecule has 0 bridgehead atoms. The van der Waals surface area contributed by atoms with Crippen LogP contribution in [0.1, 0.15) is 22.8 Å². The minimum Gasteiger partial charge on any atom is -0.462 e. The zero-order chi connectivity index (χ0) is 18.0. The van der Waals surface area contributed by atoms with Gasteiger partial charge >= 0.3 is 5.97 Å². The second kappa shape index (κ2) is 6.81. The molecule has 0 aliphatic heterocycles. The Morgan fingerprint density at radius 2 is 2.20 bits per heavy atom. The molecule has 0 aliphatic rings. The Bertz CT molecular complexity index is 970. The highest BCUT2D eigenvalue weighted by Gasteiger charge is 2.20. The Morgan fingerprint density at radius 3 is 2.92 bits per heavy atom. The first-order valence-corrected chi connectivity index (χ1v) is 8.31. The van der Waals surface area contributed by atoms with Crippen molar-refractivity contribution in [2.75, 3.05) is 11.9 Å². The van der Waals surface area contributed by atoms with Crippen molar-refractivity contribution in [1.82, 2.24) is 9.97 Å². The number of benzene rings is 1. The van der Waals surface area contributed by atoms with Crippen LogP contribution in [-0.2, 0) is 4.74 Å². The van der Waals surface area contributed by atoms with Gasteiger partial charge in [0.15, 0.2) is 0 Å². The Balaban J connectivity index is 2.08. The third kappa shape index (κ3) is 3.13. The van der Waals surface area contributed by atoms with E-state index in [1.807, 2.05) is 0 Å². The molecule has 3 rings (SSSR count). The van der Waals surface area contributed by atoms with E-state index < -0.39 is 10.9 Å². The molecule has 2 aromatic heterocycles. The molecule has 0 radical (unpaired) electrons. The molecule has 1 N–H and O–H groups in total. The van der Waals surface area contributed by atoms with Crippen LogP contribution in [0.15, 0.2) is 29.9 Å². The van der Waals surface area contributed by atoms with Gasteiger partial charge < -0.3 is 10.1 Å². The third-order valence-electron chi connectivity index (χ3n) is 3.62. The maximum Gasteiger partial charge on any atom is 0.339 e. The zero-order valence-electron chi connectivity index (χ0n) is 13.5. The SMILES string of the molecule is CCOC(=O)c1csc2ncnc(Nc3cccc([N+](=O)[O-])c3C)c12. The fourth-order valence-corrected chi connectivity index (χ4v) is 3.29. The first kappa shape index (κ1) is 16.8. The van der Waals surface area contributed by atoms with Crippen LogP contribution in [0.4, 0.5) is 17.2 Å². The van der Waals surface area contributed by atoms with Gasteiger partial charge in [-0.15, -0.1) is 11.3 Å². The Hall–Kier alpha value is -3.07. The van der Waals surface area contributed by atoms with Crippen molar-refractivity contribution >= 4 is 44.7 Å². The normalized spacial score (nSPS) is 10.6. The number of nitro groups is 1. The number of hydrogen-bond acceptors (Lipinski definition) is 8. The largest absolute Gasteiger partial charge is 0.462 e. The van der Waals surface area contributed by atoms with E-state index in [0.29, 0.717) is 32.8 Å². The summed E-state index contributed by atoms with van der Waals surface area (Å²) in [6, 6.07) is 4.74. The number of anilines is 2. The van der Waals surface area contributed by atoms with Gasteiger partial charge in [0.1, 0.15) is 17.0 Å². The number of thiophene rings is 1. The molecule has 0 spiro atoms. The molecule has 0 amide bonds. The summed E-state index contributed by atoms with van der Waals surface area (Å²) in [6.45, 7) is 3.64. The first-order valence-electron chi connectivity index (χ1n) is 7.43. The lowest BCUT2D eigenvalue weighted by Gasteiger charge is -2.10. The summed E-state index contributed by atoms with van der Waals surface area (Å²) in [4.78, 5) is 31.8. The molecule has 0 unspecified atom stereocenters. The molecule has 9 heteroatoms. The van der Waals surface area contributed by atoms with E-state index >= 15 is 0 Å². The van der Waals surface area contributed by atoms with Gasteiger partial charge in [-0.3, -0.25) is 10.1 Å².